The molecule has 0 aliphatic rings. The van der Waals surface area contributed by atoms with Gasteiger partial charge >= 0.3 is 5.97 Å². The minimum atomic E-state index is -0.953. The summed E-state index contributed by atoms with van der Waals surface area (Å²) in [5, 5.41) is 9.91. The Kier molecular flexibility index (Phi) is 7.43. The summed E-state index contributed by atoms with van der Waals surface area (Å²) in [5.41, 5.74) is 3.01. The predicted octanol–water partition coefficient (Wildman–Crippen LogP) is 6.56. The lowest BCUT2D eigenvalue weighted by molar-refractivity contribution is 0.0697. The van der Waals surface area contributed by atoms with E-state index in [4.69, 9.17) is 4.74 Å². The van der Waals surface area contributed by atoms with Crippen LogP contribution in [0.25, 0.3) is 10.2 Å². The lowest BCUT2D eigenvalue weighted by Gasteiger charge is -2.22. The number of hydrogen-bond donors (Lipinski definition) is 1. The van der Waals surface area contributed by atoms with Crippen LogP contribution in [0, 0.1) is 5.82 Å². The van der Waals surface area contributed by atoms with Crippen molar-refractivity contribution in [2.75, 3.05) is 11.4 Å². The molecule has 1 N–H and O–H groups in total. The van der Waals surface area contributed by atoms with E-state index in [1.54, 1.807) is 18.2 Å². The zero-order valence-electron chi connectivity index (χ0n) is 19.2. The van der Waals surface area contributed by atoms with E-state index in [1.807, 2.05) is 30.3 Å². The Morgan fingerprint density at radius 1 is 1.09 bits per heavy atom. The van der Waals surface area contributed by atoms with Gasteiger partial charge in [0.05, 0.1) is 21.9 Å². The first-order valence-electron chi connectivity index (χ1n) is 11.3. The minimum absolute atomic E-state index is 0.174. The topological polar surface area (TPSA) is 62.7 Å². The van der Waals surface area contributed by atoms with Crippen LogP contribution in [0.2, 0.25) is 0 Å². The summed E-state index contributed by atoms with van der Waals surface area (Å²) in [6.07, 6.45) is 1.90. The van der Waals surface area contributed by atoms with Gasteiger partial charge in [-0.2, -0.15) is 0 Å². The normalized spacial score (nSPS) is 12.0. The van der Waals surface area contributed by atoms with E-state index in [0.29, 0.717) is 23.3 Å². The van der Waals surface area contributed by atoms with Crippen molar-refractivity contribution in [2.45, 2.75) is 39.3 Å². The quantitative estimate of drug-likeness (QED) is 0.280. The SMILES string of the molecule is CCC(C)Oc1ccc(CCN(Cc2ccc(C(=O)O)cc2)c2nc3cccc(F)c3s2)cc1. The summed E-state index contributed by atoms with van der Waals surface area (Å²) >= 11 is 1.33. The average molecular weight is 479 g/mol. The van der Waals surface area contributed by atoms with Gasteiger partial charge in [-0.3, -0.25) is 0 Å². The van der Waals surface area contributed by atoms with Gasteiger partial charge in [0.1, 0.15) is 11.6 Å². The molecule has 0 saturated carbocycles. The van der Waals surface area contributed by atoms with Crippen LogP contribution in [0.1, 0.15) is 41.8 Å². The van der Waals surface area contributed by atoms with Gasteiger partial charge in [-0.05, 0) is 67.3 Å². The van der Waals surface area contributed by atoms with Gasteiger partial charge in [0.25, 0.3) is 0 Å². The molecule has 0 radical (unpaired) electrons. The Bertz CT molecular complexity index is 1260. The number of carboxylic acid groups (broad SMARTS) is 1. The smallest absolute Gasteiger partial charge is 0.335 e. The molecule has 1 heterocycles. The third kappa shape index (κ3) is 5.72. The molecular formula is C27H27FN2O3S. The standard InChI is InChI=1S/C27H27FN2O3S/c1-3-18(2)33-22-13-9-19(10-14-22)15-16-30(17-20-7-11-21(12-8-20)26(31)32)27-29-24-6-4-5-23(28)25(24)34-27/h4-14,18H,3,15-17H2,1-2H3,(H,31,32). The third-order valence-corrected chi connectivity index (χ3v) is 6.85. The van der Waals surface area contributed by atoms with E-state index in [-0.39, 0.29) is 17.5 Å². The Hall–Kier alpha value is -3.45. The molecule has 1 aromatic heterocycles. The molecule has 5 nitrogen and oxygen atoms in total. The average Bonchev–Trinajstić information content (AvgIpc) is 3.28. The molecule has 0 saturated heterocycles. The summed E-state index contributed by atoms with van der Waals surface area (Å²) in [7, 11) is 0. The van der Waals surface area contributed by atoms with E-state index >= 15 is 0 Å². The molecule has 1 atom stereocenters. The Balaban J connectivity index is 1.54. The molecule has 3 aromatic carbocycles. The summed E-state index contributed by atoms with van der Waals surface area (Å²) in [4.78, 5) is 18.0. The fourth-order valence-electron chi connectivity index (χ4n) is 3.57. The number of thiazole rings is 1. The van der Waals surface area contributed by atoms with Gasteiger partial charge in [0.2, 0.25) is 0 Å². The molecule has 4 aromatic rings. The summed E-state index contributed by atoms with van der Waals surface area (Å²) in [5.74, 6) is -0.371. The monoisotopic (exact) mass is 478 g/mol. The first-order chi connectivity index (χ1) is 16.4. The largest absolute Gasteiger partial charge is 0.491 e. The van der Waals surface area contributed by atoms with Crippen molar-refractivity contribution >= 4 is 32.7 Å². The molecule has 34 heavy (non-hydrogen) atoms. The lowest BCUT2D eigenvalue weighted by atomic mass is 10.1. The molecular weight excluding hydrogens is 451 g/mol. The van der Waals surface area contributed by atoms with Crippen LogP contribution in [0.5, 0.6) is 5.75 Å². The van der Waals surface area contributed by atoms with E-state index in [2.05, 4.69) is 35.9 Å². The summed E-state index contributed by atoms with van der Waals surface area (Å²) in [6.45, 7) is 5.36. The van der Waals surface area contributed by atoms with Crippen LogP contribution >= 0.6 is 11.3 Å². The van der Waals surface area contributed by atoms with Gasteiger partial charge in [-0.1, -0.05) is 48.6 Å². The summed E-state index contributed by atoms with van der Waals surface area (Å²) < 4.78 is 20.7. The lowest BCUT2D eigenvalue weighted by Crippen LogP contribution is -2.25. The maximum Gasteiger partial charge on any atom is 0.335 e. The highest BCUT2D eigenvalue weighted by Crippen LogP contribution is 2.31. The minimum Gasteiger partial charge on any atom is -0.491 e. The van der Waals surface area contributed by atoms with Crippen LogP contribution < -0.4 is 9.64 Å². The number of rotatable bonds is 10. The molecule has 0 spiro atoms. The summed E-state index contributed by atoms with van der Waals surface area (Å²) in [6, 6.07) is 19.9. The van der Waals surface area contributed by atoms with E-state index in [9.17, 15) is 14.3 Å². The van der Waals surface area contributed by atoms with Gasteiger partial charge in [-0.15, -0.1) is 0 Å². The number of nitrogens with zero attached hydrogens (tertiary/aromatic N) is 2. The van der Waals surface area contributed by atoms with Crippen molar-refractivity contribution < 1.29 is 19.0 Å². The van der Waals surface area contributed by atoms with Crippen LogP contribution in [-0.2, 0) is 13.0 Å². The molecule has 176 valence electrons. The zero-order valence-corrected chi connectivity index (χ0v) is 20.0. The molecule has 0 bridgehead atoms. The van der Waals surface area contributed by atoms with Crippen LogP contribution in [0.3, 0.4) is 0 Å². The van der Waals surface area contributed by atoms with Crippen LogP contribution in [0.4, 0.5) is 9.52 Å². The fraction of sp³-hybridized carbons (Fsp3) is 0.259. The Morgan fingerprint density at radius 3 is 2.44 bits per heavy atom. The maximum absolute atomic E-state index is 14.3. The number of carbonyl (C=O) groups is 1. The Morgan fingerprint density at radius 2 is 1.79 bits per heavy atom. The molecule has 0 aliphatic carbocycles. The number of ether oxygens (including phenoxy) is 1. The van der Waals surface area contributed by atoms with Crippen molar-refractivity contribution in [1.29, 1.82) is 0 Å². The second kappa shape index (κ2) is 10.7. The molecule has 0 fully saturated rings. The van der Waals surface area contributed by atoms with Gasteiger partial charge in [0.15, 0.2) is 5.13 Å². The number of aromatic nitrogens is 1. The number of aromatic carboxylic acids is 1. The fourth-order valence-corrected chi connectivity index (χ4v) is 4.56. The number of halogens is 1. The Labute approximate surface area is 202 Å². The molecule has 1 unspecified atom stereocenters. The second-order valence-corrected chi connectivity index (χ2v) is 9.22. The first-order valence-corrected chi connectivity index (χ1v) is 12.1. The number of benzene rings is 3. The molecule has 0 amide bonds. The highest BCUT2D eigenvalue weighted by atomic mass is 32.1. The van der Waals surface area contributed by atoms with Crippen LogP contribution in [-0.4, -0.2) is 28.7 Å². The number of carboxylic acids is 1. The van der Waals surface area contributed by atoms with Crippen molar-refractivity contribution in [3.8, 4) is 5.75 Å². The third-order valence-electron chi connectivity index (χ3n) is 5.71. The van der Waals surface area contributed by atoms with E-state index in [1.165, 1.54) is 17.4 Å². The van der Waals surface area contributed by atoms with Gasteiger partial charge in [-0.25, -0.2) is 14.2 Å². The van der Waals surface area contributed by atoms with Gasteiger partial charge < -0.3 is 14.7 Å². The highest BCUT2D eigenvalue weighted by Gasteiger charge is 2.16. The van der Waals surface area contributed by atoms with Crippen molar-refractivity contribution in [1.82, 2.24) is 4.98 Å². The molecule has 0 aliphatic heterocycles. The van der Waals surface area contributed by atoms with Crippen molar-refractivity contribution in [2.24, 2.45) is 0 Å². The second-order valence-electron chi connectivity index (χ2n) is 8.24. The van der Waals surface area contributed by atoms with E-state index in [0.717, 1.165) is 34.8 Å². The van der Waals surface area contributed by atoms with E-state index < -0.39 is 5.97 Å². The zero-order chi connectivity index (χ0) is 24.1. The molecule has 4 rings (SSSR count). The predicted molar refractivity (Wildman–Crippen MR) is 135 cm³/mol. The number of anilines is 1. The number of hydrogen-bond acceptors (Lipinski definition) is 5. The molecule has 7 heteroatoms. The number of fused-ring (bicyclic) bond motifs is 1. The van der Waals surface area contributed by atoms with Crippen molar-refractivity contribution in [3.05, 3.63) is 89.2 Å². The highest BCUT2D eigenvalue weighted by molar-refractivity contribution is 7.22. The van der Waals surface area contributed by atoms with Gasteiger partial charge in [0, 0.05) is 13.1 Å². The van der Waals surface area contributed by atoms with Crippen molar-refractivity contribution in [3.63, 3.8) is 0 Å². The first kappa shape index (κ1) is 23.7. The van der Waals surface area contributed by atoms with Crippen LogP contribution in [0.15, 0.2) is 66.7 Å². The maximum atomic E-state index is 14.3.